The molecule has 0 spiro atoms. The van der Waals surface area contributed by atoms with Crippen LogP contribution in [0.4, 0.5) is 11.4 Å². The van der Waals surface area contributed by atoms with Gasteiger partial charge in [-0.15, -0.1) is 5.10 Å². The van der Waals surface area contributed by atoms with Gasteiger partial charge in [0, 0.05) is 36.8 Å². The van der Waals surface area contributed by atoms with E-state index in [4.69, 9.17) is 0 Å². The Balaban J connectivity index is 1.60. The molecule has 0 unspecified atom stereocenters. The number of nitro benzene ring substituents is 1. The molecule has 0 aliphatic carbocycles. The van der Waals surface area contributed by atoms with Gasteiger partial charge in [0.1, 0.15) is 0 Å². The van der Waals surface area contributed by atoms with Crippen LogP contribution < -0.4 is 5.32 Å². The third-order valence-electron chi connectivity index (χ3n) is 4.64. The second-order valence-electron chi connectivity index (χ2n) is 6.95. The second kappa shape index (κ2) is 8.59. The Labute approximate surface area is 186 Å². The Kier molecular flexibility index (Phi) is 5.69. The monoisotopic (exact) mass is 450 g/mol. The summed E-state index contributed by atoms with van der Waals surface area (Å²) >= 11 is 1.14. The minimum atomic E-state index is -0.542. The van der Waals surface area contributed by atoms with E-state index in [0.29, 0.717) is 15.7 Å². The molecule has 162 valence electrons. The van der Waals surface area contributed by atoms with E-state index in [-0.39, 0.29) is 11.3 Å². The highest BCUT2D eigenvalue weighted by molar-refractivity contribution is 7.99. The summed E-state index contributed by atoms with van der Waals surface area (Å²) in [5, 5.41) is 30.1. The largest absolute Gasteiger partial charge is 0.322 e. The zero-order valence-corrected chi connectivity index (χ0v) is 18.2. The van der Waals surface area contributed by atoms with Crippen LogP contribution in [0.3, 0.4) is 0 Å². The molecule has 0 radical (unpaired) electrons. The number of rotatable bonds is 6. The fraction of sp³-hybridized carbons (Fsp3) is 0.150. The van der Waals surface area contributed by atoms with Crippen LogP contribution in [0.2, 0.25) is 0 Å². The molecule has 2 aromatic heterocycles. The van der Waals surface area contributed by atoms with Gasteiger partial charge in [0.25, 0.3) is 11.6 Å². The molecule has 1 N–H and O–H groups in total. The molecule has 2 heterocycles. The van der Waals surface area contributed by atoms with Gasteiger partial charge in [-0.05, 0) is 58.9 Å². The number of nitrogens with one attached hydrogen (secondary N) is 1. The SMILES string of the molecule is Cc1cc(-c2ccc(NC(=O)c3cc([N+](=O)[O-])ccc3Sc3nnnn3C)cc2)n(C)n1. The number of nitrogens with zero attached hydrogens (tertiary/aromatic N) is 7. The summed E-state index contributed by atoms with van der Waals surface area (Å²) in [6.45, 7) is 1.92. The van der Waals surface area contributed by atoms with Crippen molar-refractivity contribution in [1.29, 1.82) is 0 Å². The zero-order valence-electron chi connectivity index (χ0n) is 17.4. The number of hydrogen-bond acceptors (Lipinski definition) is 8. The smallest absolute Gasteiger partial charge is 0.270 e. The number of carbonyl (C=O) groups excluding carboxylic acids is 1. The van der Waals surface area contributed by atoms with Crippen molar-refractivity contribution in [3.8, 4) is 11.3 Å². The zero-order chi connectivity index (χ0) is 22.8. The van der Waals surface area contributed by atoms with Crippen LogP contribution in [0, 0.1) is 17.0 Å². The molecule has 32 heavy (non-hydrogen) atoms. The fourth-order valence-corrected chi connectivity index (χ4v) is 3.95. The third-order valence-corrected chi connectivity index (χ3v) is 5.75. The Hall–Kier alpha value is -4.06. The van der Waals surface area contributed by atoms with Gasteiger partial charge in [0.05, 0.1) is 21.9 Å². The maximum absolute atomic E-state index is 13.0. The van der Waals surface area contributed by atoms with Gasteiger partial charge in [-0.3, -0.25) is 19.6 Å². The van der Waals surface area contributed by atoms with Gasteiger partial charge in [-0.25, -0.2) is 4.68 Å². The summed E-state index contributed by atoms with van der Waals surface area (Å²) in [5.74, 6) is -0.476. The van der Waals surface area contributed by atoms with E-state index in [1.807, 2.05) is 32.2 Å². The number of non-ortho nitro benzene ring substituents is 1. The highest BCUT2D eigenvalue weighted by Crippen LogP contribution is 2.31. The Morgan fingerprint density at radius 1 is 1.09 bits per heavy atom. The number of tetrazole rings is 1. The van der Waals surface area contributed by atoms with Crippen LogP contribution in [0.25, 0.3) is 11.3 Å². The lowest BCUT2D eigenvalue weighted by molar-refractivity contribution is -0.384. The van der Waals surface area contributed by atoms with Crippen LogP contribution >= 0.6 is 11.8 Å². The predicted octanol–water partition coefficient (Wildman–Crippen LogP) is 3.23. The van der Waals surface area contributed by atoms with Crippen molar-refractivity contribution < 1.29 is 9.72 Å². The number of amides is 1. The minimum Gasteiger partial charge on any atom is -0.322 e. The predicted molar refractivity (Wildman–Crippen MR) is 117 cm³/mol. The lowest BCUT2D eigenvalue weighted by atomic mass is 10.1. The van der Waals surface area contributed by atoms with Gasteiger partial charge in [-0.1, -0.05) is 12.1 Å². The first-order valence-electron chi connectivity index (χ1n) is 9.43. The average molecular weight is 450 g/mol. The molecular weight excluding hydrogens is 432 g/mol. The van der Waals surface area contributed by atoms with Crippen molar-refractivity contribution in [2.45, 2.75) is 17.0 Å². The molecular formula is C20H18N8O3S. The normalized spacial score (nSPS) is 10.8. The van der Waals surface area contributed by atoms with Gasteiger partial charge in [0.15, 0.2) is 0 Å². The first-order chi connectivity index (χ1) is 15.3. The van der Waals surface area contributed by atoms with Crippen LogP contribution in [0.15, 0.2) is 58.6 Å². The Morgan fingerprint density at radius 2 is 1.84 bits per heavy atom. The van der Waals surface area contributed by atoms with E-state index in [1.165, 1.54) is 22.9 Å². The standard InChI is InChI=1S/C20H18N8O3S/c1-12-10-17(26(2)23-12)13-4-6-14(7-5-13)21-19(29)16-11-15(28(30)31)8-9-18(16)32-20-22-24-25-27(20)3/h4-11H,1-3H3,(H,21,29). The minimum absolute atomic E-state index is 0.151. The number of benzene rings is 2. The van der Waals surface area contributed by atoms with Crippen molar-refractivity contribution >= 4 is 29.0 Å². The van der Waals surface area contributed by atoms with E-state index < -0.39 is 10.8 Å². The molecule has 1 amide bonds. The van der Waals surface area contributed by atoms with E-state index in [2.05, 4.69) is 25.9 Å². The third kappa shape index (κ3) is 4.34. The van der Waals surface area contributed by atoms with Crippen molar-refractivity contribution in [2.24, 2.45) is 14.1 Å². The fourth-order valence-electron chi connectivity index (χ4n) is 3.11. The second-order valence-corrected chi connectivity index (χ2v) is 7.96. The summed E-state index contributed by atoms with van der Waals surface area (Å²) in [6.07, 6.45) is 0. The Bertz CT molecular complexity index is 1310. The van der Waals surface area contributed by atoms with Gasteiger partial charge < -0.3 is 5.32 Å². The average Bonchev–Trinajstić information content (AvgIpc) is 3.32. The maximum Gasteiger partial charge on any atom is 0.270 e. The number of anilines is 1. The molecule has 11 nitrogen and oxygen atoms in total. The van der Waals surface area contributed by atoms with E-state index in [1.54, 1.807) is 23.9 Å². The van der Waals surface area contributed by atoms with E-state index >= 15 is 0 Å². The maximum atomic E-state index is 13.0. The number of hydrogen-bond donors (Lipinski definition) is 1. The topological polar surface area (TPSA) is 134 Å². The molecule has 0 bridgehead atoms. The molecule has 4 aromatic rings. The summed E-state index contributed by atoms with van der Waals surface area (Å²) in [6, 6.07) is 13.4. The molecule has 0 saturated heterocycles. The molecule has 2 aromatic carbocycles. The highest BCUT2D eigenvalue weighted by atomic mass is 32.2. The molecule has 0 atom stereocenters. The van der Waals surface area contributed by atoms with Crippen LogP contribution in [0.5, 0.6) is 0 Å². The number of aryl methyl sites for hydroxylation is 3. The van der Waals surface area contributed by atoms with Crippen molar-refractivity contribution in [2.75, 3.05) is 5.32 Å². The van der Waals surface area contributed by atoms with Crippen molar-refractivity contribution in [1.82, 2.24) is 30.0 Å². The van der Waals surface area contributed by atoms with Crippen LogP contribution in [0.1, 0.15) is 16.1 Å². The van der Waals surface area contributed by atoms with Crippen LogP contribution in [-0.2, 0) is 14.1 Å². The van der Waals surface area contributed by atoms with Gasteiger partial charge >= 0.3 is 0 Å². The summed E-state index contributed by atoms with van der Waals surface area (Å²) < 4.78 is 3.24. The first-order valence-corrected chi connectivity index (χ1v) is 10.2. The van der Waals surface area contributed by atoms with Gasteiger partial charge in [0.2, 0.25) is 5.16 Å². The quantitative estimate of drug-likeness (QED) is 0.350. The molecule has 0 saturated carbocycles. The summed E-state index contributed by atoms with van der Waals surface area (Å²) in [4.78, 5) is 24.2. The van der Waals surface area contributed by atoms with E-state index in [0.717, 1.165) is 28.7 Å². The summed E-state index contributed by atoms with van der Waals surface area (Å²) in [5.41, 5.74) is 3.34. The molecule has 12 heteroatoms. The van der Waals surface area contributed by atoms with Crippen molar-refractivity contribution in [3.05, 3.63) is 69.9 Å². The lowest BCUT2D eigenvalue weighted by Gasteiger charge is -2.10. The van der Waals surface area contributed by atoms with E-state index in [9.17, 15) is 14.9 Å². The Morgan fingerprint density at radius 3 is 2.44 bits per heavy atom. The number of aromatic nitrogens is 6. The number of nitro groups is 1. The van der Waals surface area contributed by atoms with Gasteiger partial charge in [-0.2, -0.15) is 5.10 Å². The molecule has 0 fully saturated rings. The number of carbonyl (C=O) groups is 1. The lowest BCUT2D eigenvalue weighted by Crippen LogP contribution is -2.13. The molecule has 0 aliphatic rings. The van der Waals surface area contributed by atoms with Crippen LogP contribution in [-0.4, -0.2) is 40.8 Å². The highest BCUT2D eigenvalue weighted by Gasteiger charge is 2.19. The summed E-state index contributed by atoms with van der Waals surface area (Å²) in [7, 11) is 3.53. The van der Waals surface area contributed by atoms with Crippen molar-refractivity contribution in [3.63, 3.8) is 0 Å². The first kappa shape index (κ1) is 21.2. The molecule has 4 rings (SSSR count). The molecule has 0 aliphatic heterocycles.